The number of carbonyl (C=O) groups is 1. The summed E-state index contributed by atoms with van der Waals surface area (Å²) >= 11 is 0. The van der Waals surface area contributed by atoms with E-state index in [1.807, 2.05) is 110 Å². The van der Waals surface area contributed by atoms with Crippen molar-refractivity contribution in [2.24, 2.45) is 5.10 Å². The van der Waals surface area contributed by atoms with Gasteiger partial charge in [0.2, 0.25) is 0 Å². The van der Waals surface area contributed by atoms with Crippen LogP contribution in [-0.2, 0) is 11.4 Å². The van der Waals surface area contributed by atoms with Crippen LogP contribution in [0.25, 0.3) is 11.1 Å². The van der Waals surface area contributed by atoms with Gasteiger partial charge in [0.05, 0.1) is 12.8 Å². The summed E-state index contributed by atoms with van der Waals surface area (Å²) in [4.78, 5) is 12.1. The Balaban J connectivity index is 1.27. The van der Waals surface area contributed by atoms with Crippen LogP contribution in [0.15, 0.2) is 108 Å². The number of hydrogen-bond donors (Lipinski definition) is 1. The van der Waals surface area contributed by atoms with Gasteiger partial charge in [-0.25, -0.2) is 5.43 Å². The molecule has 0 aliphatic carbocycles. The molecule has 4 rings (SSSR count). The third-order valence-electron chi connectivity index (χ3n) is 5.24. The van der Waals surface area contributed by atoms with Crippen LogP contribution in [0.1, 0.15) is 18.1 Å². The Bertz CT molecular complexity index is 1270. The maximum atomic E-state index is 12.1. The van der Waals surface area contributed by atoms with Crippen molar-refractivity contribution in [2.75, 3.05) is 13.2 Å². The molecular formula is C30H28N2O4. The highest BCUT2D eigenvalue weighted by Gasteiger charge is 2.07. The normalized spacial score (nSPS) is 10.7. The predicted octanol–water partition coefficient (Wildman–Crippen LogP) is 5.86. The molecule has 0 aliphatic heterocycles. The molecule has 4 aromatic rings. The summed E-state index contributed by atoms with van der Waals surface area (Å²) in [5, 5.41) is 4.03. The van der Waals surface area contributed by atoms with Gasteiger partial charge in [-0.2, -0.15) is 5.10 Å². The Morgan fingerprint density at radius 2 is 1.47 bits per heavy atom. The minimum absolute atomic E-state index is 0.140. The first-order valence-electron chi connectivity index (χ1n) is 11.7. The molecule has 1 N–H and O–H groups in total. The first-order chi connectivity index (χ1) is 17.7. The van der Waals surface area contributed by atoms with E-state index in [1.165, 1.54) is 0 Å². The van der Waals surface area contributed by atoms with Gasteiger partial charge in [0.15, 0.2) is 18.1 Å². The van der Waals surface area contributed by atoms with E-state index in [0.29, 0.717) is 30.5 Å². The molecule has 0 saturated carbocycles. The summed E-state index contributed by atoms with van der Waals surface area (Å²) in [6, 6.07) is 33.1. The number of nitrogens with one attached hydrogen (secondary N) is 1. The molecule has 1 amide bonds. The van der Waals surface area contributed by atoms with Crippen molar-refractivity contribution in [3.63, 3.8) is 0 Å². The highest BCUT2D eigenvalue weighted by atomic mass is 16.5. The second kappa shape index (κ2) is 12.8. The third-order valence-corrected chi connectivity index (χ3v) is 5.24. The quantitative estimate of drug-likeness (QED) is 0.216. The molecule has 182 valence electrons. The molecule has 0 spiro atoms. The van der Waals surface area contributed by atoms with Gasteiger partial charge in [-0.3, -0.25) is 4.79 Å². The van der Waals surface area contributed by atoms with Crippen LogP contribution in [0.5, 0.6) is 17.2 Å². The number of rotatable bonds is 11. The summed E-state index contributed by atoms with van der Waals surface area (Å²) in [7, 11) is 0. The molecule has 0 heterocycles. The Hall–Kier alpha value is -4.58. The predicted molar refractivity (Wildman–Crippen MR) is 141 cm³/mol. The van der Waals surface area contributed by atoms with E-state index in [-0.39, 0.29) is 12.5 Å². The summed E-state index contributed by atoms with van der Waals surface area (Å²) in [6.45, 7) is 2.72. The van der Waals surface area contributed by atoms with Gasteiger partial charge in [-0.15, -0.1) is 0 Å². The van der Waals surface area contributed by atoms with Crippen LogP contribution < -0.4 is 19.6 Å². The van der Waals surface area contributed by atoms with Gasteiger partial charge in [0.25, 0.3) is 5.91 Å². The number of carbonyl (C=O) groups excluding carboxylic acids is 1. The molecule has 0 radical (unpaired) electrons. The van der Waals surface area contributed by atoms with Gasteiger partial charge in [-0.05, 0) is 59.5 Å². The second-order valence-corrected chi connectivity index (χ2v) is 7.89. The van der Waals surface area contributed by atoms with E-state index >= 15 is 0 Å². The Morgan fingerprint density at radius 1 is 0.778 bits per heavy atom. The third kappa shape index (κ3) is 7.21. The molecular weight excluding hydrogens is 452 g/mol. The fourth-order valence-electron chi connectivity index (χ4n) is 3.46. The number of amides is 1. The zero-order chi connectivity index (χ0) is 25.0. The van der Waals surface area contributed by atoms with Crippen LogP contribution >= 0.6 is 0 Å². The molecule has 0 aromatic heterocycles. The van der Waals surface area contributed by atoms with Crippen LogP contribution in [0.3, 0.4) is 0 Å². The lowest BCUT2D eigenvalue weighted by atomic mass is 10.1. The van der Waals surface area contributed by atoms with Crippen molar-refractivity contribution in [3.8, 4) is 28.4 Å². The van der Waals surface area contributed by atoms with E-state index in [4.69, 9.17) is 14.2 Å². The monoisotopic (exact) mass is 480 g/mol. The average Bonchev–Trinajstić information content (AvgIpc) is 2.93. The molecule has 0 bridgehead atoms. The minimum Gasteiger partial charge on any atom is -0.490 e. The van der Waals surface area contributed by atoms with E-state index in [2.05, 4.69) is 10.5 Å². The van der Waals surface area contributed by atoms with E-state index in [9.17, 15) is 4.79 Å². The maximum Gasteiger partial charge on any atom is 0.277 e. The standard InChI is InChI=1S/C30H28N2O4/c1-2-34-29-19-24(13-18-28(29)36-21-23-9-5-3-6-10-23)20-31-32-30(33)22-35-27-16-14-26(15-17-27)25-11-7-4-8-12-25/h3-20H,2,21-22H2,1H3,(H,32,33). The molecule has 4 aromatic carbocycles. The first-order valence-corrected chi connectivity index (χ1v) is 11.7. The summed E-state index contributed by atoms with van der Waals surface area (Å²) in [6.07, 6.45) is 1.55. The van der Waals surface area contributed by atoms with E-state index in [1.54, 1.807) is 6.21 Å². The Morgan fingerprint density at radius 3 is 2.19 bits per heavy atom. The summed E-state index contributed by atoms with van der Waals surface area (Å²) < 4.78 is 17.2. The zero-order valence-electron chi connectivity index (χ0n) is 20.1. The van der Waals surface area contributed by atoms with Gasteiger partial charge < -0.3 is 14.2 Å². The van der Waals surface area contributed by atoms with Crippen molar-refractivity contribution < 1.29 is 19.0 Å². The Labute approximate surface area is 211 Å². The van der Waals surface area contributed by atoms with Crippen molar-refractivity contribution in [2.45, 2.75) is 13.5 Å². The number of benzene rings is 4. The number of nitrogens with zero attached hydrogens (tertiary/aromatic N) is 1. The lowest BCUT2D eigenvalue weighted by Crippen LogP contribution is -2.24. The fraction of sp³-hybridized carbons (Fsp3) is 0.133. The topological polar surface area (TPSA) is 69.2 Å². The molecule has 0 aliphatic rings. The lowest BCUT2D eigenvalue weighted by molar-refractivity contribution is -0.123. The SMILES string of the molecule is CCOc1cc(C=NNC(=O)COc2ccc(-c3ccccc3)cc2)ccc1OCc1ccccc1. The van der Waals surface area contributed by atoms with E-state index in [0.717, 1.165) is 22.3 Å². The largest absolute Gasteiger partial charge is 0.490 e. The van der Waals surface area contributed by atoms with Crippen LogP contribution in [0.2, 0.25) is 0 Å². The number of ether oxygens (including phenoxy) is 3. The molecule has 0 unspecified atom stereocenters. The van der Waals surface area contributed by atoms with Crippen molar-refractivity contribution >= 4 is 12.1 Å². The highest BCUT2D eigenvalue weighted by molar-refractivity contribution is 5.83. The molecule has 0 saturated heterocycles. The van der Waals surface area contributed by atoms with E-state index < -0.39 is 0 Å². The molecule has 6 nitrogen and oxygen atoms in total. The summed E-state index contributed by atoms with van der Waals surface area (Å²) in [5.74, 6) is 1.52. The van der Waals surface area contributed by atoms with Crippen LogP contribution in [-0.4, -0.2) is 25.3 Å². The van der Waals surface area contributed by atoms with Crippen molar-refractivity contribution in [1.29, 1.82) is 0 Å². The lowest BCUT2D eigenvalue weighted by Gasteiger charge is -2.12. The number of hydrazone groups is 1. The first kappa shape index (κ1) is 24.5. The number of hydrogen-bond acceptors (Lipinski definition) is 5. The van der Waals surface area contributed by atoms with Gasteiger partial charge in [-0.1, -0.05) is 72.8 Å². The fourth-order valence-corrected chi connectivity index (χ4v) is 3.46. The van der Waals surface area contributed by atoms with Gasteiger partial charge in [0, 0.05) is 0 Å². The van der Waals surface area contributed by atoms with Gasteiger partial charge >= 0.3 is 0 Å². The summed E-state index contributed by atoms with van der Waals surface area (Å²) in [5.41, 5.74) is 6.53. The molecule has 6 heteroatoms. The molecule has 0 atom stereocenters. The van der Waals surface area contributed by atoms with Crippen molar-refractivity contribution in [1.82, 2.24) is 5.43 Å². The second-order valence-electron chi connectivity index (χ2n) is 7.89. The highest BCUT2D eigenvalue weighted by Crippen LogP contribution is 2.29. The minimum atomic E-state index is -0.355. The molecule has 36 heavy (non-hydrogen) atoms. The zero-order valence-corrected chi connectivity index (χ0v) is 20.1. The maximum absolute atomic E-state index is 12.1. The average molecular weight is 481 g/mol. The van der Waals surface area contributed by atoms with Crippen LogP contribution in [0, 0.1) is 0 Å². The van der Waals surface area contributed by atoms with Crippen molar-refractivity contribution in [3.05, 3.63) is 114 Å². The van der Waals surface area contributed by atoms with Crippen LogP contribution in [0.4, 0.5) is 0 Å². The molecule has 0 fully saturated rings. The Kier molecular flexibility index (Phi) is 8.70. The van der Waals surface area contributed by atoms with Gasteiger partial charge in [0.1, 0.15) is 12.4 Å². The smallest absolute Gasteiger partial charge is 0.277 e.